The third-order valence-electron chi connectivity index (χ3n) is 0. The summed E-state index contributed by atoms with van der Waals surface area (Å²) in [6.45, 7) is 1.93. The number of hydrogen-bond acceptors (Lipinski definition) is 1. The Hall–Kier alpha value is 0.970. The first kappa shape index (κ1) is 17.9. The zero-order valence-electron chi connectivity index (χ0n) is 5.87. The second-order valence-electron chi connectivity index (χ2n) is 1.27. The summed E-state index contributed by atoms with van der Waals surface area (Å²) in [6, 6.07) is 0. The predicted molar refractivity (Wildman–Crippen MR) is 26.3 cm³/mol. The van der Waals surface area contributed by atoms with Crippen LogP contribution in [0.3, 0.4) is 0 Å². The van der Waals surface area contributed by atoms with Gasteiger partial charge in [0.2, 0.25) is 0 Å². The molecule has 0 aromatic rings. The van der Waals surface area contributed by atoms with Crippen molar-refractivity contribution < 1.29 is 59.8 Å². The van der Waals surface area contributed by atoms with E-state index in [9.17, 15) is 25.2 Å². The van der Waals surface area contributed by atoms with Crippen molar-refractivity contribution in [1.29, 1.82) is 0 Å². The molecular formula is C2H6F6NaOP. The Morgan fingerprint density at radius 1 is 1.00 bits per heavy atom. The summed E-state index contributed by atoms with van der Waals surface area (Å²) in [6.07, 6.45) is 0. The molecule has 0 saturated heterocycles. The van der Waals surface area contributed by atoms with Crippen molar-refractivity contribution in [2.24, 2.45) is 0 Å². The second kappa shape index (κ2) is 3.79. The largest absolute Gasteiger partial charge is 1.00 e. The van der Waals surface area contributed by atoms with Crippen molar-refractivity contribution in [3.05, 3.63) is 0 Å². The molecule has 68 valence electrons. The van der Waals surface area contributed by atoms with Gasteiger partial charge in [-0.15, -0.1) is 0 Å². The van der Waals surface area contributed by atoms with Gasteiger partial charge >= 0.3 is 62.5 Å². The maximum Gasteiger partial charge on any atom is 1.00 e. The smallest absolute Gasteiger partial charge is 1.00 e. The summed E-state index contributed by atoms with van der Waals surface area (Å²) >= 11 is 0. The summed E-state index contributed by atoms with van der Waals surface area (Å²) in [5.41, 5.74) is 0. The minimum atomic E-state index is -10.7. The Labute approximate surface area is 81.3 Å². The number of halogens is 6. The Morgan fingerprint density at radius 2 is 1.00 bits per heavy atom. The van der Waals surface area contributed by atoms with E-state index >= 15 is 0 Å². The van der Waals surface area contributed by atoms with Gasteiger partial charge in [0, 0.05) is 6.61 Å². The van der Waals surface area contributed by atoms with E-state index in [0.717, 1.165) is 0 Å². The Balaban J connectivity index is -0.000000140. The van der Waals surface area contributed by atoms with Crippen LogP contribution >= 0.6 is 7.81 Å². The third-order valence-corrected chi connectivity index (χ3v) is 0. The van der Waals surface area contributed by atoms with Gasteiger partial charge in [-0.2, -0.15) is 0 Å². The van der Waals surface area contributed by atoms with Crippen molar-refractivity contribution in [2.45, 2.75) is 6.92 Å². The second-order valence-corrected chi connectivity index (χ2v) is 3.19. The molecule has 1 N–H and O–H groups in total. The fourth-order valence-electron chi connectivity index (χ4n) is 0. The summed E-state index contributed by atoms with van der Waals surface area (Å²) in [5, 5.41) is 7.57. The van der Waals surface area contributed by atoms with E-state index < -0.39 is 7.81 Å². The quantitative estimate of drug-likeness (QED) is 0.351. The van der Waals surface area contributed by atoms with Gasteiger partial charge in [0.05, 0.1) is 0 Å². The number of hydrogen-bond donors (Lipinski definition) is 1. The molecule has 0 bridgehead atoms. The average Bonchev–Trinajstić information content (AvgIpc) is 1.20. The first-order valence-electron chi connectivity index (χ1n) is 2.04. The molecule has 0 radical (unpaired) electrons. The van der Waals surface area contributed by atoms with Gasteiger partial charge in [0.15, 0.2) is 0 Å². The Bertz CT molecular complexity index is 89.9. The first-order valence-corrected chi connectivity index (χ1v) is 4.07. The van der Waals surface area contributed by atoms with E-state index in [1.165, 1.54) is 0 Å². The molecule has 0 aliphatic heterocycles. The van der Waals surface area contributed by atoms with Crippen molar-refractivity contribution in [2.75, 3.05) is 6.61 Å². The summed E-state index contributed by atoms with van der Waals surface area (Å²) in [4.78, 5) is 0. The zero-order valence-corrected chi connectivity index (χ0v) is 8.76. The van der Waals surface area contributed by atoms with Crippen LogP contribution in [0.1, 0.15) is 6.92 Å². The SMILES string of the molecule is CCO.F[P-](F)(F)(F)(F)F.[Na+]. The standard InChI is InChI=1S/C2H6O.F6P.Na/c1-2-3;1-7(2,3,4,5)6;/h3H,2H2,1H3;;/q;-1;+1. The normalized spacial score (nSPS) is 16.4. The van der Waals surface area contributed by atoms with E-state index in [1.807, 2.05) is 0 Å². The molecule has 0 aromatic carbocycles. The van der Waals surface area contributed by atoms with Crippen LogP contribution in [0.15, 0.2) is 0 Å². The number of aliphatic hydroxyl groups is 1. The van der Waals surface area contributed by atoms with Crippen molar-refractivity contribution in [3.8, 4) is 0 Å². The van der Waals surface area contributed by atoms with E-state index in [4.69, 9.17) is 5.11 Å². The van der Waals surface area contributed by atoms with Crippen LogP contribution in [0.5, 0.6) is 0 Å². The fourth-order valence-corrected chi connectivity index (χ4v) is 0. The molecule has 0 aromatic heterocycles. The molecule has 11 heavy (non-hydrogen) atoms. The minimum Gasteiger partial charge on any atom is 1.00 e. The van der Waals surface area contributed by atoms with Gasteiger partial charge in [-0.1, -0.05) is 0 Å². The van der Waals surface area contributed by atoms with Crippen molar-refractivity contribution in [1.82, 2.24) is 0 Å². The number of aliphatic hydroxyl groups excluding tert-OH is 1. The molecule has 0 aliphatic carbocycles. The van der Waals surface area contributed by atoms with Crippen LogP contribution in [0.25, 0.3) is 0 Å². The molecule has 9 heteroatoms. The van der Waals surface area contributed by atoms with Gasteiger partial charge in [0.25, 0.3) is 0 Å². The topological polar surface area (TPSA) is 20.2 Å². The first-order chi connectivity index (χ1) is 3.86. The molecule has 0 saturated carbocycles. The van der Waals surface area contributed by atoms with Crippen molar-refractivity contribution >= 4 is 7.81 Å². The molecule has 1 nitrogen and oxygen atoms in total. The molecule has 0 fully saturated rings. The Morgan fingerprint density at radius 3 is 1.00 bits per heavy atom. The van der Waals surface area contributed by atoms with Crippen LogP contribution in [-0.4, -0.2) is 11.7 Å². The van der Waals surface area contributed by atoms with Gasteiger partial charge < -0.3 is 5.11 Å². The van der Waals surface area contributed by atoms with Crippen LogP contribution in [0.2, 0.25) is 0 Å². The molecule has 0 unspecified atom stereocenters. The molecule has 0 amide bonds. The maximum atomic E-state index is 9.87. The van der Waals surface area contributed by atoms with Crippen LogP contribution < -0.4 is 29.6 Å². The minimum absolute atomic E-state index is 0. The maximum absolute atomic E-state index is 10.7. The Kier molecular flexibility index (Phi) is 6.16. The predicted octanol–water partition coefficient (Wildman–Crippen LogP) is 0.385. The molecule has 0 aliphatic rings. The van der Waals surface area contributed by atoms with Crippen LogP contribution in [-0.2, 0) is 0 Å². The monoisotopic (exact) mass is 214 g/mol. The molecule has 0 rings (SSSR count). The summed E-state index contributed by atoms with van der Waals surface area (Å²) in [5.74, 6) is 0. The number of rotatable bonds is 0. The van der Waals surface area contributed by atoms with Gasteiger partial charge in [-0.3, -0.25) is 0 Å². The summed E-state index contributed by atoms with van der Waals surface area (Å²) < 4.78 is 59.2. The van der Waals surface area contributed by atoms with E-state index in [1.54, 1.807) is 6.92 Å². The van der Waals surface area contributed by atoms with Crippen LogP contribution in [0, 0.1) is 0 Å². The van der Waals surface area contributed by atoms with Crippen LogP contribution in [0.4, 0.5) is 25.2 Å². The summed E-state index contributed by atoms with van der Waals surface area (Å²) in [7, 11) is -10.7. The van der Waals surface area contributed by atoms with Crippen molar-refractivity contribution in [3.63, 3.8) is 0 Å². The zero-order chi connectivity index (χ0) is 9.12. The van der Waals surface area contributed by atoms with Gasteiger partial charge in [-0.05, 0) is 6.92 Å². The molecular weight excluding hydrogens is 208 g/mol. The van der Waals surface area contributed by atoms with E-state index in [0.29, 0.717) is 0 Å². The van der Waals surface area contributed by atoms with Gasteiger partial charge in [-0.25, -0.2) is 0 Å². The molecule has 0 heterocycles. The van der Waals surface area contributed by atoms with E-state index in [-0.39, 0.29) is 36.2 Å². The molecule has 0 atom stereocenters. The van der Waals surface area contributed by atoms with Gasteiger partial charge in [0.1, 0.15) is 0 Å². The molecule has 0 spiro atoms. The third kappa shape index (κ3) is 938. The fraction of sp³-hybridized carbons (Fsp3) is 1.00. The average molecular weight is 214 g/mol. The van der Waals surface area contributed by atoms with E-state index in [2.05, 4.69) is 0 Å².